The van der Waals surface area contributed by atoms with E-state index in [9.17, 15) is 9.59 Å². The molecule has 1 heterocycles. The van der Waals surface area contributed by atoms with E-state index in [-0.39, 0.29) is 18.1 Å². The van der Waals surface area contributed by atoms with Crippen molar-refractivity contribution in [2.75, 3.05) is 6.54 Å². The number of carbonyl (C=O) groups is 2. The zero-order chi connectivity index (χ0) is 10.8. The van der Waals surface area contributed by atoms with Gasteiger partial charge >= 0.3 is 0 Å². The van der Waals surface area contributed by atoms with Gasteiger partial charge in [0.2, 0.25) is 5.91 Å². The van der Waals surface area contributed by atoms with E-state index in [2.05, 4.69) is 6.92 Å². The Morgan fingerprint density at radius 2 is 1.87 bits per heavy atom. The summed E-state index contributed by atoms with van der Waals surface area (Å²) in [4.78, 5) is 24.5. The number of rotatable bonds is 2. The molecule has 1 amide bonds. The molecule has 15 heavy (non-hydrogen) atoms. The molecule has 0 radical (unpaired) electrons. The second-order valence-corrected chi connectivity index (χ2v) is 4.82. The predicted octanol–water partition coefficient (Wildman–Crippen LogP) is 1.76. The van der Waals surface area contributed by atoms with Crippen LogP contribution in [0.25, 0.3) is 0 Å². The molecular weight excluding hydrogens is 190 g/mol. The van der Waals surface area contributed by atoms with Crippen LogP contribution < -0.4 is 0 Å². The van der Waals surface area contributed by atoms with E-state index in [1.54, 1.807) is 0 Å². The second kappa shape index (κ2) is 4.33. The summed E-state index contributed by atoms with van der Waals surface area (Å²) in [6.45, 7) is 2.61. The zero-order valence-electron chi connectivity index (χ0n) is 9.37. The van der Waals surface area contributed by atoms with Crippen LogP contribution in [-0.4, -0.2) is 29.2 Å². The number of amides is 1. The molecule has 0 bridgehead atoms. The number of hydrogen-bond acceptors (Lipinski definition) is 2. The van der Waals surface area contributed by atoms with Crippen LogP contribution in [0.2, 0.25) is 0 Å². The molecule has 0 aromatic carbocycles. The third kappa shape index (κ3) is 2.21. The lowest BCUT2D eigenvalue weighted by Crippen LogP contribution is -2.39. The van der Waals surface area contributed by atoms with E-state index in [1.807, 2.05) is 4.90 Å². The van der Waals surface area contributed by atoms with Gasteiger partial charge < -0.3 is 4.90 Å². The molecular formula is C12H19NO2. The molecule has 0 unspecified atom stereocenters. The molecule has 2 aliphatic rings. The van der Waals surface area contributed by atoms with Crippen LogP contribution >= 0.6 is 0 Å². The SMILES string of the molecule is CCC1CCC(N2CC(=O)CC2=O)CC1. The normalized spacial score (nSPS) is 32.5. The fourth-order valence-corrected chi connectivity index (χ4v) is 2.80. The number of carbonyl (C=O) groups excluding carboxylic acids is 2. The van der Waals surface area contributed by atoms with Gasteiger partial charge in [-0.1, -0.05) is 13.3 Å². The largest absolute Gasteiger partial charge is 0.332 e. The quantitative estimate of drug-likeness (QED) is 0.650. The Hall–Kier alpha value is -0.860. The monoisotopic (exact) mass is 209 g/mol. The van der Waals surface area contributed by atoms with Crippen LogP contribution in [-0.2, 0) is 9.59 Å². The van der Waals surface area contributed by atoms with Gasteiger partial charge in [-0.2, -0.15) is 0 Å². The van der Waals surface area contributed by atoms with Crippen molar-refractivity contribution in [3.63, 3.8) is 0 Å². The molecule has 1 saturated heterocycles. The van der Waals surface area contributed by atoms with Gasteiger partial charge in [-0.3, -0.25) is 9.59 Å². The Balaban J connectivity index is 1.90. The highest BCUT2D eigenvalue weighted by Crippen LogP contribution is 2.30. The minimum Gasteiger partial charge on any atom is -0.332 e. The molecule has 3 heteroatoms. The van der Waals surface area contributed by atoms with Crippen LogP contribution in [0.1, 0.15) is 45.4 Å². The molecule has 1 aliphatic heterocycles. The van der Waals surface area contributed by atoms with E-state index in [4.69, 9.17) is 0 Å². The average Bonchev–Trinajstić information content (AvgIpc) is 2.58. The summed E-state index contributed by atoms with van der Waals surface area (Å²) in [5.74, 6) is 0.993. The molecule has 1 aliphatic carbocycles. The second-order valence-electron chi connectivity index (χ2n) is 4.82. The average molecular weight is 209 g/mol. The number of Topliss-reactive ketones (excluding diaryl/α,β-unsaturated/α-hetero) is 1. The molecule has 0 N–H and O–H groups in total. The Labute approximate surface area is 90.8 Å². The van der Waals surface area contributed by atoms with Crippen LogP contribution in [0.4, 0.5) is 0 Å². The smallest absolute Gasteiger partial charge is 0.230 e. The first-order chi connectivity index (χ1) is 7.20. The Kier molecular flexibility index (Phi) is 3.08. The van der Waals surface area contributed by atoms with Gasteiger partial charge in [-0.05, 0) is 31.6 Å². The van der Waals surface area contributed by atoms with Crippen LogP contribution in [0, 0.1) is 5.92 Å². The first kappa shape index (κ1) is 10.7. The summed E-state index contributed by atoms with van der Waals surface area (Å²) in [7, 11) is 0. The van der Waals surface area contributed by atoms with Gasteiger partial charge in [0, 0.05) is 6.04 Å². The first-order valence-corrected chi connectivity index (χ1v) is 6.02. The summed E-state index contributed by atoms with van der Waals surface area (Å²) in [5.41, 5.74) is 0. The molecule has 0 aromatic rings. The van der Waals surface area contributed by atoms with Gasteiger partial charge in [0.1, 0.15) is 0 Å². The van der Waals surface area contributed by atoms with Gasteiger partial charge in [0.25, 0.3) is 0 Å². The van der Waals surface area contributed by atoms with Crippen molar-refractivity contribution in [1.82, 2.24) is 4.90 Å². The number of ketones is 1. The lowest BCUT2D eigenvalue weighted by molar-refractivity contribution is -0.130. The fourth-order valence-electron chi connectivity index (χ4n) is 2.80. The van der Waals surface area contributed by atoms with Crippen molar-refractivity contribution >= 4 is 11.7 Å². The lowest BCUT2D eigenvalue weighted by atomic mass is 9.84. The van der Waals surface area contributed by atoms with Crippen LogP contribution in [0.3, 0.4) is 0 Å². The van der Waals surface area contributed by atoms with E-state index >= 15 is 0 Å². The van der Waals surface area contributed by atoms with E-state index in [1.165, 1.54) is 19.3 Å². The standard InChI is InChI=1S/C12H19NO2/c1-2-9-3-5-10(6-4-9)13-8-11(14)7-12(13)15/h9-10H,2-8H2,1H3. The third-order valence-electron chi connectivity index (χ3n) is 3.85. The molecule has 2 fully saturated rings. The topological polar surface area (TPSA) is 37.4 Å². The van der Waals surface area contributed by atoms with Crippen molar-refractivity contribution in [3.05, 3.63) is 0 Å². The number of likely N-dealkylation sites (tertiary alicyclic amines) is 1. The van der Waals surface area contributed by atoms with Crippen molar-refractivity contribution < 1.29 is 9.59 Å². The highest BCUT2D eigenvalue weighted by atomic mass is 16.2. The van der Waals surface area contributed by atoms with Gasteiger partial charge in [-0.25, -0.2) is 0 Å². The van der Waals surface area contributed by atoms with Crippen LogP contribution in [0.15, 0.2) is 0 Å². The minimum absolute atomic E-state index is 0.0555. The maximum Gasteiger partial charge on any atom is 0.230 e. The molecule has 0 aromatic heterocycles. The van der Waals surface area contributed by atoms with E-state index < -0.39 is 0 Å². The number of nitrogens with zero attached hydrogens (tertiary/aromatic N) is 1. The fraction of sp³-hybridized carbons (Fsp3) is 0.833. The highest BCUT2D eigenvalue weighted by molar-refractivity contribution is 6.05. The molecule has 84 valence electrons. The van der Waals surface area contributed by atoms with E-state index in [0.29, 0.717) is 12.6 Å². The predicted molar refractivity (Wildman–Crippen MR) is 57.4 cm³/mol. The van der Waals surface area contributed by atoms with Gasteiger partial charge in [0.05, 0.1) is 13.0 Å². The van der Waals surface area contributed by atoms with Crippen LogP contribution in [0.5, 0.6) is 0 Å². The summed E-state index contributed by atoms with van der Waals surface area (Å²) >= 11 is 0. The maximum atomic E-state index is 11.5. The third-order valence-corrected chi connectivity index (χ3v) is 3.85. The highest BCUT2D eigenvalue weighted by Gasteiger charge is 2.34. The van der Waals surface area contributed by atoms with Crippen molar-refractivity contribution in [2.45, 2.75) is 51.5 Å². The molecule has 2 rings (SSSR count). The van der Waals surface area contributed by atoms with Gasteiger partial charge in [0.15, 0.2) is 5.78 Å². The lowest BCUT2D eigenvalue weighted by Gasteiger charge is -2.33. The van der Waals surface area contributed by atoms with Crippen molar-refractivity contribution in [3.8, 4) is 0 Å². The van der Waals surface area contributed by atoms with Crippen molar-refractivity contribution in [2.24, 2.45) is 5.92 Å². The van der Waals surface area contributed by atoms with Gasteiger partial charge in [-0.15, -0.1) is 0 Å². The Morgan fingerprint density at radius 1 is 1.20 bits per heavy atom. The summed E-state index contributed by atoms with van der Waals surface area (Å²) in [6.07, 6.45) is 6.03. The zero-order valence-corrected chi connectivity index (χ0v) is 9.37. The maximum absolute atomic E-state index is 11.5. The Bertz CT molecular complexity index is 267. The molecule has 0 spiro atoms. The molecule has 3 nitrogen and oxygen atoms in total. The summed E-state index contributed by atoms with van der Waals surface area (Å²) < 4.78 is 0. The number of hydrogen-bond donors (Lipinski definition) is 0. The first-order valence-electron chi connectivity index (χ1n) is 6.02. The molecule has 0 atom stereocenters. The summed E-state index contributed by atoms with van der Waals surface area (Å²) in [6, 6.07) is 0.353. The summed E-state index contributed by atoms with van der Waals surface area (Å²) in [5, 5.41) is 0. The van der Waals surface area contributed by atoms with Crippen molar-refractivity contribution in [1.29, 1.82) is 0 Å². The van der Waals surface area contributed by atoms with E-state index in [0.717, 1.165) is 18.8 Å². The Morgan fingerprint density at radius 3 is 2.33 bits per heavy atom. The minimum atomic E-state index is 0.0555. The molecule has 1 saturated carbocycles.